The second-order valence-electron chi connectivity index (χ2n) is 6.84. The van der Waals surface area contributed by atoms with Crippen molar-refractivity contribution in [3.63, 3.8) is 0 Å². The number of nitrogens with zero attached hydrogens (tertiary/aromatic N) is 5. The van der Waals surface area contributed by atoms with Gasteiger partial charge in [0.25, 0.3) is 5.56 Å². The molecule has 122 valence electrons. The highest BCUT2D eigenvalue weighted by Crippen LogP contribution is 2.19. The summed E-state index contributed by atoms with van der Waals surface area (Å²) in [6.07, 6.45) is 1.80. The van der Waals surface area contributed by atoms with E-state index in [4.69, 9.17) is 0 Å². The highest BCUT2D eigenvalue weighted by molar-refractivity contribution is 5.07. The topological polar surface area (TPSA) is 44.6 Å². The summed E-state index contributed by atoms with van der Waals surface area (Å²) in [5, 5.41) is 4.09. The van der Waals surface area contributed by atoms with Gasteiger partial charge in [-0.2, -0.15) is 5.10 Å². The maximum absolute atomic E-state index is 11.6. The maximum atomic E-state index is 11.6. The van der Waals surface area contributed by atoms with Crippen LogP contribution in [0.25, 0.3) is 0 Å². The first-order valence-electron chi connectivity index (χ1n) is 8.25. The molecule has 0 bridgehead atoms. The first-order chi connectivity index (χ1) is 10.5. The standard InChI is InChI=1S/C16H27N5O/c1-13(2)20-4-6-21(7-5-20)15-11-19(12-15)10-14-8-16(22)18(3)17-9-14/h8-9,13,15H,4-7,10-12H2,1-3H3. The van der Waals surface area contributed by atoms with Crippen LogP contribution in [0.4, 0.5) is 0 Å². The van der Waals surface area contributed by atoms with E-state index in [-0.39, 0.29) is 5.56 Å². The molecule has 2 fully saturated rings. The third-order valence-corrected chi connectivity index (χ3v) is 4.96. The molecule has 0 unspecified atom stereocenters. The lowest BCUT2D eigenvalue weighted by Gasteiger charge is -2.48. The second kappa shape index (κ2) is 6.48. The summed E-state index contributed by atoms with van der Waals surface area (Å²) >= 11 is 0. The van der Waals surface area contributed by atoms with Gasteiger partial charge in [0.2, 0.25) is 0 Å². The van der Waals surface area contributed by atoms with E-state index in [1.807, 2.05) is 0 Å². The third-order valence-electron chi connectivity index (χ3n) is 4.96. The van der Waals surface area contributed by atoms with Crippen LogP contribution in [0, 0.1) is 0 Å². The van der Waals surface area contributed by atoms with Crippen LogP contribution in [0.1, 0.15) is 19.4 Å². The molecular formula is C16H27N5O. The Morgan fingerprint density at radius 3 is 2.50 bits per heavy atom. The Morgan fingerprint density at radius 2 is 1.91 bits per heavy atom. The highest BCUT2D eigenvalue weighted by Gasteiger charge is 2.33. The molecule has 2 aliphatic heterocycles. The SMILES string of the molecule is CC(C)N1CCN(C2CN(Cc3cnn(C)c(=O)c3)C2)CC1. The predicted octanol–water partition coefficient (Wildman–Crippen LogP) is -0.00950. The molecule has 1 aromatic heterocycles. The molecule has 0 N–H and O–H groups in total. The Kier molecular flexibility index (Phi) is 4.61. The molecule has 2 aliphatic rings. The summed E-state index contributed by atoms with van der Waals surface area (Å²) in [7, 11) is 1.68. The normalized spacial score (nSPS) is 22.2. The molecule has 0 spiro atoms. The molecule has 1 aromatic rings. The van der Waals surface area contributed by atoms with Gasteiger partial charge < -0.3 is 0 Å². The molecule has 6 heteroatoms. The monoisotopic (exact) mass is 305 g/mol. The fourth-order valence-corrected chi connectivity index (χ4v) is 3.37. The average Bonchev–Trinajstić information content (AvgIpc) is 2.46. The molecule has 0 atom stereocenters. The molecule has 3 heterocycles. The minimum absolute atomic E-state index is 0.0284. The molecule has 0 amide bonds. The molecule has 6 nitrogen and oxygen atoms in total. The molecule has 2 saturated heterocycles. The van der Waals surface area contributed by atoms with Gasteiger partial charge in [-0.25, -0.2) is 4.68 Å². The lowest BCUT2D eigenvalue weighted by Crippen LogP contribution is -2.63. The van der Waals surface area contributed by atoms with Crippen LogP contribution in [-0.4, -0.2) is 75.8 Å². The van der Waals surface area contributed by atoms with Gasteiger partial charge >= 0.3 is 0 Å². The van der Waals surface area contributed by atoms with Crippen molar-refractivity contribution in [3.8, 4) is 0 Å². The van der Waals surface area contributed by atoms with E-state index in [1.165, 1.54) is 30.9 Å². The molecule has 3 rings (SSSR count). The summed E-state index contributed by atoms with van der Waals surface area (Å²) in [4.78, 5) is 19.2. The number of rotatable bonds is 4. The van der Waals surface area contributed by atoms with Gasteiger partial charge in [0.15, 0.2) is 0 Å². The number of aromatic nitrogens is 2. The van der Waals surface area contributed by atoms with Gasteiger partial charge in [-0.05, 0) is 19.4 Å². The Morgan fingerprint density at radius 1 is 1.23 bits per heavy atom. The lowest BCUT2D eigenvalue weighted by atomic mass is 10.0. The van der Waals surface area contributed by atoms with Gasteiger partial charge in [-0.1, -0.05) is 0 Å². The summed E-state index contributed by atoms with van der Waals surface area (Å²) in [6.45, 7) is 12.4. The summed E-state index contributed by atoms with van der Waals surface area (Å²) in [5.41, 5.74) is 0.991. The van der Waals surface area contributed by atoms with E-state index in [2.05, 4.69) is 33.6 Å². The highest BCUT2D eigenvalue weighted by atomic mass is 16.1. The smallest absolute Gasteiger partial charge is 0.266 e. The third kappa shape index (κ3) is 3.39. The van der Waals surface area contributed by atoms with Crippen molar-refractivity contribution in [1.82, 2.24) is 24.5 Å². The summed E-state index contributed by atoms with van der Waals surface area (Å²) < 4.78 is 1.37. The molecule has 22 heavy (non-hydrogen) atoms. The fourth-order valence-electron chi connectivity index (χ4n) is 3.37. The molecule has 0 aromatic carbocycles. The maximum Gasteiger partial charge on any atom is 0.266 e. The summed E-state index contributed by atoms with van der Waals surface area (Å²) in [6, 6.07) is 3.05. The Hall–Kier alpha value is -1.24. The lowest BCUT2D eigenvalue weighted by molar-refractivity contribution is -0.00420. The van der Waals surface area contributed by atoms with Crippen molar-refractivity contribution < 1.29 is 0 Å². The van der Waals surface area contributed by atoms with Gasteiger partial charge in [0.1, 0.15) is 0 Å². The molecule has 0 saturated carbocycles. The van der Waals surface area contributed by atoms with E-state index in [1.54, 1.807) is 19.3 Å². The minimum atomic E-state index is -0.0284. The number of hydrogen-bond acceptors (Lipinski definition) is 5. The van der Waals surface area contributed by atoms with Crippen molar-refractivity contribution >= 4 is 0 Å². The molecular weight excluding hydrogens is 278 g/mol. The van der Waals surface area contributed by atoms with Crippen LogP contribution < -0.4 is 5.56 Å². The van der Waals surface area contributed by atoms with E-state index in [0.29, 0.717) is 12.1 Å². The first-order valence-corrected chi connectivity index (χ1v) is 8.25. The number of likely N-dealkylation sites (tertiary alicyclic amines) is 1. The quantitative estimate of drug-likeness (QED) is 0.783. The average molecular weight is 305 g/mol. The Balaban J connectivity index is 1.44. The minimum Gasteiger partial charge on any atom is -0.298 e. The zero-order valence-electron chi connectivity index (χ0n) is 13.9. The second-order valence-corrected chi connectivity index (χ2v) is 6.84. The number of aryl methyl sites for hydroxylation is 1. The fraction of sp³-hybridized carbons (Fsp3) is 0.750. The van der Waals surface area contributed by atoms with E-state index >= 15 is 0 Å². The van der Waals surface area contributed by atoms with Crippen molar-refractivity contribution in [2.24, 2.45) is 7.05 Å². The van der Waals surface area contributed by atoms with Crippen molar-refractivity contribution in [2.75, 3.05) is 39.3 Å². The predicted molar refractivity (Wildman–Crippen MR) is 86.8 cm³/mol. The largest absolute Gasteiger partial charge is 0.298 e. The van der Waals surface area contributed by atoms with Crippen LogP contribution in [0.5, 0.6) is 0 Å². The first kappa shape index (κ1) is 15.6. The Bertz CT molecular complexity index is 556. The number of piperazine rings is 1. The van der Waals surface area contributed by atoms with Crippen LogP contribution in [0.3, 0.4) is 0 Å². The summed E-state index contributed by atoms with van der Waals surface area (Å²) in [5.74, 6) is 0. The Labute approximate surface area is 132 Å². The van der Waals surface area contributed by atoms with Crippen LogP contribution in [0.15, 0.2) is 17.1 Å². The van der Waals surface area contributed by atoms with E-state index in [9.17, 15) is 4.79 Å². The zero-order valence-corrected chi connectivity index (χ0v) is 13.9. The van der Waals surface area contributed by atoms with Crippen LogP contribution in [-0.2, 0) is 13.6 Å². The van der Waals surface area contributed by atoms with Crippen LogP contribution in [0.2, 0.25) is 0 Å². The van der Waals surface area contributed by atoms with Gasteiger partial charge in [-0.3, -0.25) is 19.5 Å². The number of hydrogen-bond donors (Lipinski definition) is 0. The van der Waals surface area contributed by atoms with Gasteiger partial charge in [0, 0.05) is 71.0 Å². The van der Waals surface area contributed by atoms with Gasteiger partial charge in [-0.15, -0.1) is 0 Å². The van der Waals surface area contributed by atoms with Crippen molar-refractivity contribution in [1.29, 1.82) is 0 Å². The van der Waals surface area contributed by atoms with Crippen LogP contribution >= 0.6 is 0 Å². The van der Waals surface area contributed by atoms with E-state index in [0.717, 1.165) is 25.2 Å². The molecule has 0 aliphatic carbocycles. The van der Waals surface area contributed by atoms with E-state index < -0.39 is 0 Å². The van der Waals surface area contributed by atoms with Gasteiger partial charge in [0.05, 0.1) is 6.20 Å². The van der Waals surface area contributed by atoms with Crippen molar-refractivity contribution in [2.45, 2.75) is 32.5 Å². The van der Waals surface area contributed by atoms with Crippen molar-refractivity contribution in [3.05, 3.63) is 28.2 Å². The molecule has 0 radical (unpaired) electrons. The zero-order chi connectivity index (χ0) is 15.7.